The molecule has 2 amide bonds. The van der Waals surface area contributed by atoms with Crippen LogP contribution in [-0.4, -0.2) is 65.9 Å². The number of nitrogens with zero attached hydrogens (tertiary/aromatic N) is 3. The minimum Gasteiger partial charge on any atom is -0.349 e. The number of rotatable bonds is 10. The average Bonchev–Trinajstić information content (AvgIpc) is 3.47. The van der Waals surface area contributed by atoms with Crippen molar-refractivity contribution in [1.82, 2.24) is 20.1 Å². The third-order valence-electron chi connectivity index (χ3n) is 7.27. The van der Waals surface area contributed by atoms with Crippen LogP contribution in [0, 0.1) is 0 Å². The third-order valence-corrected chi connectivity index (χ3v) is 8.27. The molecule has 6 nitrogen and oxygen atoms in total. The molecular weight excluding hydrogens is 537 g/mol. The average molecular weight is 573 g/mol. The maximum absolute atomic E-state index is 13.4. The number of thiazole rings is 1. The SMILES string of the molecule is CCCN(CC)CCNC(=O)c1csc(C2CCN(C(=O)c3ccccc3-c3ccc(C(F)(F)F)cc3)CC2)n1. The monoisotopic (exact) mass is 572 g/mol. The number of benzene rings is 2. The highest BCUT2D eigenvalue weighted by Crippen LogP contribution is 2.34. The summed E-state index contributed by atoms with van der Waals surface area (Å²) in [5.74, 6) is -0.138. The van der Waals surface area contributed by atoms with Crippen LogP contribution in [0.2, 0.25) is 0 Å². The van der Waals surface area contributed by atoms with Crippen LogP contribution < -0.4 is 5.32 Å². The predicted molar refractivity (Wildman–Crippen MR) is 152 cm³/mol. The van der Waals surface area contributed by atoms with Gasteiger partial charge in [0.1, 0.15) is 5.69 Å². The fourth-order valence-electron chi connectivity index (χ4n) is 5.00. The number of likely N-dealkylation sites (N-methyl/N-ethyl adjacent to an activating group) is 1. The van der Waals surface area contributed by atoms with Crippen LogP contribution in [0.15, 0.2) is 53.9 Å². The molecule has 1 aromatic heterocycles. The summed E-state index contributed by atoms with van der Waals surface area (Å²) >= 11 is 1.48. The lowest BCUT2D eigenvalue weighted by Gasteiger charge is -2.31. The molecule has 1 aliphatic heterocycles. The Morgan fingerprint density at radius 3 is 2.40 bits per heavy atom. The Kier molecular flexibility index (Phi) is 9.97. The fourth-order valence-corrected chi connectivity index (χ4v) is 5.97. The van der Waals surface area contributed by atoms with Gasteiger partial charge in [-0.25, -0.2) is 4.98 Å². The summed E-state index contributed by atoms with van der Waals surface area (Å²) in [7, 11) is 0. The molecule has 214 valence electrons. The molecule has 10 heteroatoms. The molecule has 1 aliphatic rings. The number of alkyl halides is 3. The van der Waals surface area contributed by atoms with E-state index in [1.807, 2.05) is 0 Å². The summed E-state index contributed by atoms with van der Waals surface area (Å²) in [5.41, 5.74) is 1.35. The van der Waals surface area contributed by atoms with E-state index < -0.39 is 11.7 Å². The summed E-state index contributed by atoms with van der Waals surface area (Å²) in [4.78, 5) is 34.7. The van der Waals surface area contributed by atoms with E-state index >= 15 is 0 Å². The number of amides is 2. The maximum atomic E-state index is 13.4. The molecule has 40 heavy (non-hydrogen) atoms. The Bertz CT molecular complexity index is 1280. The standard InChI is InChI=1S/C30H35F3N4O2S/c1-3-16-36(4-2)19-15-34-27(38)26-20-40-28(35-26)22-13-17-37(18-14-22)29(39)25-8-6-5-7-24(25)21-9-11-23(12-10-21)30(31,32)33/h5-12,20,22H,3-4,13-19H2,1-2H3,(H,34,38). The first-order valence-electron chi connectivity index (χ1n) is 13.7. The van der Waals surface area contributed by atoms with E-state index in [1.54, 1.807) is 34.5 Å². The molecule has 1 saturated heterocycles. The number of piperidine rings is 1. The number of aromatic nitrogens is 1. The van der Waals surface area contributed by atoms with Crippen molar-refractivity contribution in [1.29, 1.82) is 0 Å². The van der Waals surface area contributed by atoms with Crippen molar-refractivity contribution < 1.29 is 22.8 Å². The van der Waals surface area contributed by atoms with Crippen molar-refractivity contribution in [2.45, 2.75) is 45.2 Å². The second-order valence-electron chi connectivity index (χ2n) is 9.95. The first-order chi connectivity index (χ1) is 19.2. The zero-order chi connectivity index (χ0) is 28.7. The van der Waals surface area contributed by atoms with Gasteiger partial charge in [-0.05, 0) is 61.7 Å². The van der Waals surface area contributed by atoms with Gasteiger partial charge in [-0.15, -0.1) is 11.3 Å². The Hall–Kier alpha value is -3.24. The first-order valence-corrected chi connectivity index (χ1v) is 14.6. The number of hydrogen-bond acceptors (Lipinski definition) is 5. The van der Waals surface area contributed by atoms with Gasteiger partial charge >= 0.3 is 6.18 Å². The largest absolute Gasteiger partial charge is 0.416 e. The number of carbonyl (C=O) groups excluding carboxylic acids is 2. The molecule has 2 heterocycles. The van der Waals surface area contributed by atoms with E-state index in [9.17, 15) is 22.8 Å². The Labute approximate surface area is 237 Å². The van der Waals surface area contributed by atoms with Crippen LogP contribution in [0.4, 0.5) is 13.2 Å². The van der Waals surface area contributed by atoms with Gasteiger partial charge < -0.3 is 15.1 Å². The van der Waals surface area contributed by atoms with E-state index in [-0.39, 0.29) is 17.7 Å². The molecular formula is C30H35F3N4O2S. The van der Waals surface area contributed by atoms with Crippen molar-refractivity contribution in [2.75, 3.05) is 39.3 Å². The lowest BCUT2D eigenvalue weighted by atomic mass is 9.94. The highest BCUT2D eigenvalue weighted by atomic mass is 32.1. The van der Waals surface area contributed by atoms with Crippen LogP contribution in [0.5, 0.6) is 0 Å². The third kappa shape index (κ3) is 7.28. The molecule has 0 bridgehead atoms. The van der Waals surface area contributed by atoms with Crippen molar-refractivity contribution in [2.24, 2.45) is 0 Å². The van der Waals surface area contributed by atoms with Gasteiger partial charge in [-0.3, -0.25) is 9.59 Å². The molecule has 0 spiro atoms. The molecule has 0 saturated carbocycles. The van der Waals surface area contributed by atoms with Gasteiger partial charge in [0.25, 0.3) is 11.8 Å². The maximum Gasteiger partial charge on any atom is 0.416 e. The smallest absolute Gasteiger partial charge is 0.349 e. The quantitative estimate of drug-likeness (QED) is 0.309. The highest BCUT2D eigenvalue weighted by molar-refractivity contribution is 7.09. The second-order valence-corrected chi connectivity index (χ2v) is 10.8. The van der Waals surface area contributed by atoms with Crippen molar-refractivity contribution in [3.63, 3.8) is 0 Å². The van der Waals surface area contributed by atoms with Gasteiger partial charge in [0.15, 0.2) is 0 Å². The van der Waals surface area contributed by atoms with Gasteiger partial charge in [-0.2, -0.15) is 13.2 Å². The van der Waals surface area contributed by atoms with E-state index in [0.29, 0.717) is 42.0 Å². The normalized spacial score (nSPS) is 14.5. The predicted octanol–water partition coefficient (Wildman–Crippen LogP) is 6.31. The summed E-state index contributed by atoms with van der Waals surface area (Å²) in [6.45, 7) is 8.67. The van der Waals surface area contributed by atoms with Crippen molar-refractivity contribution in [3.05, 3.63) is 75.7 Å². The van der Waals surface area contributed by atoms with Crippen LogP contribution in [0.3, 0.4) is 0 Å². The second kappa shape index (κ2) is 13.4. The van der Waals surface area contributed by atoms with E-state index in [1.165, 1.54) is 23.5 Å². The summed E-state index contributed by atoms with van der Waals surface area (Å²) in [6.07, 6.45) is -1.88. The van der Waals surface area contributed by atoms with E-state index in [0.717, 1.165) is 56.0 Å². The van der Waals surface area contributed by atoms with Crippen LogP contribution in [-0.2, 0) is 6.18 Å². The summed E-state index contributed by atoms with van der Waals surface area (Å²) in [5, 5.41) is 5.67. The van der Waals surface area contributed by atoms with Gasteiger partial charge in [-0.1, -0.05) is 44.2 Å². The van der Waals surface area contributed by atoms with Crippen molar-refractivity contribution in [3.8, 4) is 11.1 Å². The molecule has 0 radical (unpaired) electrons. The Balaban J connectivity index is 1.34. The molecule has 4 rings (SSSR count). The molecule has 0 atom stereocenters. The first kappa shape index (κ1) is 29.7. The fraction of sp³-hybridized carbons (Fsp3) is 0.433. The van der Waals surface area contributed by atoms with Gasteiger partial charge in [0.2, 0.25) is 0 Å². The summed E-state index contributed by atoms with van der Waals surface area (Å²) < 4.78 is 39.0. The van der Waals surface area contributed by atoms with Gasteiger partial charge in [0.05, 0.1) is 10.6 Å². The minimum atomic E-state index is -4.41. The number of nitrogens with one attached hydrogen (secondary N) is 1. The van der Waals surface area contributed by atoms with Crippen LogP contribution >= 0.6 is 11.3 Å². The molecule has 0 unspecified atom stereocenters. The van der Waals surface area contributed by atoms with Gasteiger partial charge in [0, 0.05) is 43.0 Å². The topological polar surface area (TPSA) is 65.5 Å². The highest BCUT2D eigenvalue weighted by Gasteiger charge is 2.31. The molecule has 1 N–H and O–H groups in total. The Morgan fingerprint density at radius 1 is 1.05 bits per heavy atom. The van der Waals surface area contributed by atoms with Crippen LogP contribution in [0.25, 0.3) is 11.1 Å². The van der Waals surface area contributed by atoms with E-state index in [2.05, 4.69) is 29.0 Å². The number of likely N-dealkylation sites (tertiary alicyclic amines) is 1. The number of hydrogen-bond donors (Lipinski definition) is 1. The molecule has 3 aromatic rings. The minimum absolute atomic E-state index is 0.141. The zero-order valence-electron chi connectivity index (χ0n) is 22.8. The molecule has 2 aromatic carbocycles. The Morgan fingerprint density at radius 2 is 1.75 bits per heavy atom. The lowest BCUT2D eigenvalue weighted by Crippen LogP contribution is -2.38. The number of carbonyl (C=O) groups is 2. The van der Waals surface area contributed by atoms with Crippen LogP contribution in [0.1, 0.15) is 70.4 Å². The lowest BCUT2D eigenvalue weighted by molar-refractivity contribution is -0.137. The molecule has 1 fully saturated rings. The zero-order valence-corrected chi connectivity index (χ0v) is 23.7. The van der Waals surface area contributed by atoms with Crippen molar-refractivity contribution >= 4 is 23.2 Å². The van der Waals surface area contributed by atoms with E-state index in [4.69, 9.17) is 0 Å². The molecule has 0 aliphatic carbocycles. The summed E-state index contributed by atoms with van der Waals surface area (Å²) in [6, 6.07) is 11.9. The number of halogens is 3.